The van der Waals surface area contributed by atoms with E-state index in [4.69, 9.17) is 0 Å². The van der Waals surface area contributed by atoms with Gasteiger partial charge in [-0.05, 0) is 30.9 Å². The van der Waals surface area contributed by atoms with Crippen molar-refractivity contribution in [3.05, 3.63) is 34.4 Å². The molecular weight excluding hydrogens is 320 g/mol. The van der Waals surface area contributed by atoms with Crippen LogP contribution < -0.4 is 10.2 Å². The van der Waals surface area contributed by atoms with E-state index < -0.39 is 0 Å². The molecule has 1 aliphatic heterocycles. The maximum atomic E-state index is 9.30. The summed E-state index contributed by atoms with van der Waals surface area (Å²) in [6.07, 6.45) is 3.89. The number of hydrogen-bond donors (Lipinski definition) is 2. The Morgan fingerprint density at radius 3 is 2.83 bits per heavy atom. The zero-order valence-electron chi connectivity index (χ0n) is 14.4. The molecule has 130 valence electrons. The fourth-order valence-corrected chi connectivity index (χ4v) is 3.80. The maximum absolute atomic E-state index is 9.30. The summed E-state index contributed by atoms with van der Waals surface area (Å²) in [7, 11) is 0. The first-order chi connectivity index (χ1) is 11.7. The number of hydrogen-bond acceptors (Lipinski definition) is 6. The van der Waals surface area contributed by atoms with Crippen LogP contribution in [0.5, 0.6) is 0 Å². The standard InChI is InChI=1S/C18H26N4OS/c1-13(2)18-21-15(12-24-18)10-20-16-4-3-7-19-17(16)22-8-5-14(11-23)6-9-22/h3-4,7,12-14,20,23H,5-6,8-11H2,1-2H3. The van der Waals surface area contributed by atoms with Crippen molar-refractivity contribution in [3.63, 3.8) is 0 Å². The van der Waals surface area contributed by atoms with E-state index in [1.165, 1.54) is 5.01 Å². The highest BCUT2D eigenvalue weighted by atomic mass is 32.1. The van der Waals surface area contributed by atoms with E-state index in [-0.39, 0.29) is 0 Å². The lowest BCUT2D eigenvalue weighted by atomic mass is 9.98. The minimum absolute atomic E-state index is 0.295. The van der Waals surface area contributed by atoms with Crippen LogP contribution in [0.3, 0.4) is 0 Å². The average Bonchev–Trinajstić information content (AvgIpc) is 3.10. The van der Waals surface area contributed by atoms with Gasteiger partial charge in [0.2, 0.25) is 0 Å². The highest BCUT2D eigenvalue weighted by molar-refractivity contribution is 7.09. The highest BCUT2D eigenvalue weighted by Crippen LogP contribution is 2.28. The molecular formula is C18H26N4OS. The number of aliphatic hydroxyl groups is 1. The summed E-state index contributed by atoms with van der Waals surface area (Å²) in [6.45, 7) is 7.25. The number of anilines is 2. The molecule has 1 saturated heterocycles. The van der Waals surface area contributed by atoms with Gasteiger partial charge in [0.15, 0.2) is 5.82 Å². The summed E-state index contributed by atoms with van der Waals surface area (Å²) >= 11 is 1.73. The third-order valence-corrected chi connectivity index (χ3v) is 5.68. The molecule has 3 heterocycles. The van der Waals surface area contributed by atoms with E-state index in [0.29, 0.717) is 18.4 Å². The third-order valence-electron chi connectivity index (χ3n) is 4.48. The second kappa shape index (κ2) is 7.94. The summed E-state index contributed by atoms with van der Waals surface area (Å²) < 4.78 is 0. The van der Waals surface area contributed by atoms with Crippen LogP contribution in [0.4, 0.5) is 11.5 Å². The molecule has 2 N–H and O–H groups in total. The average molecular weight is 347 g/mol. The molecule has 0 aromatic carbocycles. The lowest BCUT2D eigenvalue weighted by molar-refractivity contribution is 0.203. The van der Waals surface area contributed by atoms with E-state index >= 15 is 0 Å². The predicted octanol–water partition coefficient (Wildman–Crippen LogP) is 3.48. The zero-order chi connectivity index (χ0) is 16.9. The first kappa shape index (κ1) is 17.2. The molecule has 0 radical (unpaired) electrons. The Morgan fingerprint density at radius 1 is 1.38 bits per heavy atom. The van der Waals surface area contributed by atoms with Crippen LogP contribution in [0.2, 0.25) is 0 Å². The molecule has 24 heavy (non-hydrogen) atoms. The van der Waals surface area contributed by atoms with Gasteiger partial charge in [-0.3, -0.25) is 0 Å². The Morgan fingerprint density at radius 2 is 2.17 bits per heavy atom. The summed E-state index contributed by atoms with van der Waals surface area (Å²) in [5, 5.41) is 16.1. The van der Waals surface area contributed by atoms with Crippen LogP contribution >= 0.6 is 11.3 Å². The molecule has 0 amide bonds. The maximum Gasteiger partial charge on any atom is 0.151 e. The van der Waals surface area contributed by atoms with Gasteiger partial charge in [0.25, 0.3) is 0 Å². The summed E-state index contributed by atoms with van der Waals surface area (Å²) in [5.41, 5.74) is 2.14. The predicted molar refractivity (Wildman–Crippen MR) is 99.8 cm³/mol. The number of aromatic nitrogens is 2. The molecule has 0 atom stereocenters. The first-order valence-corrected chi connectivity index (χ1v) is 9.54. The topological polar surface area (TPSA) is 61.3 Å². The lowest BCUT2D eigenvalue weighted by Crippen LogP contribution is -2.35. The Kier molecular flexibility index (Phi) is 5.68. The fourth-order valence-electron chi connectivity index (χ4n) is 2.97. The summed E-state index contributed by atoms with van der Waals surface area (Å²) in [5.74, 6) is 1.92. The number of thiazole rings is 1. The minimum Gasteiger partial charge on any atom is -0.396 e. The molecule has 0 spiro atoms. The molecule has 2 aromatic rings. The number of nitrogens with one attached hydrogen (secondary N) is 1. The van der Waals surface area contributed by atoms with Crippen molar-refractivity contribution in [1.82, 2.24) is 9.97 Å². The van der Waals surface area contributed by atoms with Gasteiger partial charge in [-0.15, -0.1) is 11.3 Å². The van der Waals surface area contributed by atoms with Crippen LogP contribution in [0.25, 0.3) is 0 Å². The molecule has 5 nitrogen and oxygen atoms in total. The molecule has 0 saturated carbocycles. The van der Waals surface area contributed by atoms with Gasteiger partial charge in [0.1, 0.15) is 0 Å². The van der Waals surface area contributed by atoms with Crippen molar-refractivity contribution in [2.45, 2.75) is 39.2 Å². The van der Waals surface area contributed by atoms with E-state index in [0.717, 1.165) is 49.7 Å². The van der Waals surface area contributed by atoms with Crippen LogP contribution in [0, 0.1) is 5.92 Å². The Balaban J connectivity index is 1.65. The molecule has 0 unspecified atom stereocenters. The molecule has 0 aliphatic carbocycles. The van der Waals surface area contributed by atoms with Crippen molar-refractivity contribution >= 4 is 22.8 Å². The van der Waals surface area contributed by atoms with Crippen LogP contribution in [0.1, 0.15) is 43.3 Å². The lowest BCUT2D eigenvalue weighted by Gasteiger charge is -2.33. The van der Waals surface area contributed by atoms with Crippen molar-refractivity contribution in [2.24, 2.45) is 5.92 Å². The van der Waals surface area contributed by atoms with Gasteiger partial charge in [0.05, 0.1) is 22.9 Å². The number of nitrogens with zero attached hydrogens (tertiary/aromatic N) is 3. The second-order valence-electron chi connectivity index (χ2n) is 6.67. The van der Waals surface area contributed by atoms with Crippen molar-refractivity contribution < 1.29 is 5.11 Å². The first-order valence-electron chi connectivity index (χ1n) is 8.66. The van der Waals surface area contributed by atoms with Crippen molar-refractivity contribution in [2.75, 3.05) is 29.9 Å². The van der Waals surface area contributed by atoms with Gasteiger partial charge < -0.3 is 15.3 Å². The minimum atomic E-state index is 0.295. The van der Waals surface area contributed by atoms with Crippen LogP contribution in [-0.4, -0.2) is 34.8 Å². The van der Waals surface area contributed by atoms with Crippen molar-refractivity contribution in [3.8, 4) is 0 Å². The molecule has 1 fully saturated rings. The van der Waals surface area contributed by atoms with E-state index in [1.807, 2.05) is 12.3 Å². The van der Waals surface area contributed by atoms with Crippen molar-refractivity contribution in [1.29, 1.82) is 0 Å². The highest BCUT2D eigenvalue weighted by Gasteiger charge is 2.21. The number of aliphatic hydroxyl groups excluding tert-OH is 1. The number of rotatable bonds is 6. The SMILES string of the molecule is CC(C)c1nc(CNc2cccnc2N2CCC(CO)CC2)cs1. The van der Waals surface area contributed by atoms with Gasteiger partial charge in [0, 0.05) is 37.2 Å². The summed E-state index contributed by atoms with van der Waals surface area (Å²) in [6, 6.07) is 4.04. The largest absolute Gasteiger partial charge is 0.396 e. The van der Waals surface area contributed by atoms with Gasteiger partial charge in [-0.1, -0.05) is 13.8 Å². The van der Waals surface area contributed by atoms with Gasteiger partial charge in [-0.25, -0.2) is 9.97 Å². The molecule has 1 aliphatic rings. The molecule has 0 bridgehead atoms. The van der Waals surface area contributed by atoms with E-state index in [9.17, 15) is 5.11 Å². The molecule has 2 aromatic heterocycles. The number of pyridine rings is 1. The zero-order valence-corrected chi connectivity index (χ0v) is 15.2. The quantitative estimate of drug-likeness (QED) is 0.838. The van der Waals surface area contributed by atoms with Gasteiger partial charge in [-0.2, -0.15) is 0 Å². The van der Waals surface area contributed by atoms with E-state index in [2.05, 4.69) is 45.5 Å². The normalized spacial score (nSPS) is 15.9. The fraction of sp³-hybridized carbons (Fsp3) is 0.556. The monoisotopic (exact) mass is 346 g/mol. The Labute approximate surface area is 147 Å². The molecule has 3 rings (SSSR count). The second-order valence-corrected chi connectivity index (χ2v) is 7.56. The Hall–Kier alpha value is -1.66. The van der Waals surface area contributed by atoms with Crippen LogP contribution in [0.15, 0.2) is 23.7 Å². The Bertz CT molecular complexity index is 650. The van der Waals surface area contributed by atoms with E-state index in [1.54, 1.807) is 11.3 Å². The van der Waals surface area contributed by atoms with Gasteiger partial charge >= 0.3 is 0 Å². The number of piperidine rings is 1. The van der Waals surface area contributed by atoms with Crippen LogP contribution in [-0.2, 0) is 6.54 Å². The smallest absolute Gasteiger partial charge is 0.151 e. The third kappa shape index (κ3) is 4.05. The molecule has 6 heteroatoms. The summed E-state index contributed by atoms with van der Waals surface area (Å²) in [4.78, 5) is 11.6.